The van der Waals surface area contributed by atoms with Crippen molar-refractivity contribution in [2.45, 2.75) is 42.7 Å². The Labute approximate surface area is 183 Å². The van der Waals surface area contributed by atoms with E-state index in [-0.39, 0.29) is 22.9 Å². The van der Waals surface area contributed by atoms with Crippen molar-refractivity contribution in [1.82, 2.24) is 14.9 Å². The number of ether oxygens (including phenoxy) is 1. The van der Waals surface area contributed by atoms with E-state index in [1.165, 1.54) is 12.1 Å². The molecule has 0 aromatic heterocycles. The Balaban J connectivity index is 1.50. The van der Waals surface area contributed by atoms with E-state index in [9.17, 15) is 13.2 Å². The molecule has 1 heterocycles. The molecule has 2 N–H and O–H groups in total. The van der Waals surface area contributed by atoms with Gasteiger partial charge in [-0.25, -0.2) is 13.1 Å². The second-order valence-electron chi connectivity index (χ2n) is 8.13. The molecule has 1 saturated carbocycles. The molecule has 1 atom stereocenters. The molecule has 1 amide bonds. The van der Waals surface area contributed by atoms with Gasteiger partial charge in [-0.1, -0.05) is 24.3 Å². The summed E-state index contributed by atoms with van der Waals surface area (Å²) < 4.78 is 33.2. The molecule has 1 aliphatic heterocycles. The summed E-state index contributed by atoms with van der Waals surface area (Å²) in [5, 5.41) is 3.01. The minimum Gasteiger partial charge on any atom is -0.496 e. The van der Waals surface area contributed by atoms with Crippen molar-refractivity contribution in [3.8, 4) is 5.75 Å². The van der Waals surface area contributed by atoms with Crippen molar-refractivity contribution in [1.29, 1.82) is 0 Å². The van der Waals surface area contributed by atoms with Crippen molar-refractivity contribution in [2.24, 2.45) is 0 Å². The number of hydrogen-bond acceptors (Lipinski definition) is 5. The van der Waals surface area contributed by atoms with Crippen LogP contribution in [0, 0.1) is 0 Å². The number of nitrogens with zero attached hydrogens (tertiary/aromatic N) is 1. The molecule has 1 unspecified atom stereocenters. The van der Waals surface area contributed by atoms with E-state index in [1.54, 1.807) is 19.2 Å². The Kier molecular flexibility index (Phi) is 6.60. The summed E-state index contributed by atoms with van der Waals surface area (Å²) in [4.78, 5) is 15.4. The number of amides is 1. The molecule has 0 spiro atoms. The lowest BCUT2D eigenvalue weighted by atomic mass is 10.0. The van der Waals surface area contributed by atoms with Crippen molar-refractivity contribution >= 4 is 15.9 Å². The molecule has 2 aromatic rings. The van der Waals surface area contributed by atoms with Crippen molar-refractivity contribution < 1.29 is 17.9 Å². The van der Waals surface area contributed by atoms with Gasteiger partial charge in [0.25, 0.3) is 5.91 Å². The van der Waals surface area contributed by atoms with E-state index >= 15 is 0 Å². The van der Waals surface area contributed by atoms with Gasteiger partial charge in [-0.05, 0) is 63.0 Å². The Hall–Kier alpha value is -2.42. The van der Waals surface area contributed by atoms with Gasteiger partial charge in [0.2, 0.25) is 10.0 Å². The average Bonchev–Trinajstić information content (AvgIpc) is 3.42. The Morgan fingerprint density at radius 1 is 1.13 bits per heavy atom. The SMILES string of the molecule is COc1ccccc1C(CNC(=O)c1cccc(S(=O)(=O)NC2CC2)c1)N1CCCC1. The van der Waals surface area contributed by atoms with Crippen LogP contribution < -0.4 is 14.8 Å². The monoisotopic (exact) mass is 443 g/mol. The van der Waals surface area contributed by atoms with Crippen LogP contribution in [0.15, 0.2) is 53.4 Å². The van der Waals surface area contributed by atoms with Crippen molar-refractivity contribution in [2.75, 3.05) is 26.7 Å². The van der Waals surface area contributed by atoms with E-state index in [1.807, 2.05) is 24.3 Å². The number of nitrogens with one attached hydrogen (secondary N) is 2. The van der Waals surface area contributed by atoms with Gasteiger partial charge in [0, 0.05) is 23.7 Å². The maximum Gasteiger partial charge on any atom is 0.251 e. The molecule has 7 nitrogen and oxygen atoms in total. The standard InChI is InChI=1S/C23H29N3O4S/c1-30-22-10-3-2-9-20(22)21(26-13-4-5-14-26)16-24-23(27)17-7-6-8-19(15-17)31(28,29)25-18-11-12-18/h2-3,6-10,15,18,21,25H,4-5,11-14,16H2,1H3,(H,24,27). The smallest absolute Gasteiger partial charge is 0.251 e. The zero-order chi connectivity index (χ0) is 21.8. The molecule has 4 rings (SSSR count). The van der Waals surface area contributed by atoms with E-state index in [4.69, 9.17) is 4.74 Å². The quantitative estimate of drug-likeness (QED) is 0.622. The summed E-state index contributed by atoms with van der Waals surface area (Å²) in [7, 11) is -1.95. The molecular formula is C23H29N3O4S. The van der Waals surface area contributed by atoms with Gasteiger partial charge in [0.1, 0.15) is 5.75 Å². The van der Waals surface area contributed by atoms with Crippen LogP contribution in [0.4, 0.5) is 0 Å². The molecule has 8 heteroatoms. The lowest BCUT2D eigenvalue weighted by Gasteiger charge is -2.29. The summed E-state index contributed by atoms with van der Waals surface area (Å²) in [5.41, 5.74) is 1.37. The van der Waals surface area contributed by atoms with Crippen molar-refractivity contribution in [3.05, 3.63) is 59.7 Å². The van der Waals surface area contributed by atoms with Gasteiger partial charge >= 0.3 is 0 Å². The molecule has 2 fully saturated rings. The minimum atomic E-state index is -3.60. The largest absolute Gasteiger partial charge is 0.496 e. The predicted octanol–water partition coefficient (Wildman–Crippen LogP) is 2.70. The fourth-order valence-electron chi connectivity index (χ4n) is 4.02. The first-order valence-electron chi connectivity index (χ1n) is 10.8. The van der Waals surface area contributed by atoms with Crippen LogP contribution in [0.1, 0.15) is 47.6 Å². The van der Waals surface area contributed by atoms with Crippen LogP contribution in [0.5, 0.6) is 5.75 Å². The Morgan fingerprint density at radius 2 is 1.87 bits per heavy atom. The number of benzene rings is 2. The third kappa shape index (κ3) is 5.26. The Morgan fingerprint density at radius 3 is 2.58 bits per heavy atom. The lowest BCUT2D eigenvalue weighted by Crippen LogP contribution is -2.37. The minimum absolute atomic E-state index is 0.00829. The second-order valence-corrected chi connectivity index (χ2v) is 9.85. The molecular weight excluding hydrogens is 414 g/mol. The number of carbonyl (C=O) groups excluding carboxylic acids is 1. The van der Waals surface area contributed by atoms with Crippen molar-refractivity contribution in [3.63, 3.8) is 0 Å². The van der Waals surface area contributed by atoms with Crippen LogP contribution in [0.2, 0.25) is 0 Å². The maximum atomic E-state index is 12.9. The highest BCUT2D eigenvalue weighted by Crippen LogP contribution is 2.31. The van der Waals surface area contributed by atoms with E-state index < -0.39 is 10.0 Å². The molecule has 0 bridgehead atoms. The summed E-state index contributed by atoms with van der Waals surface area (Å²) in [6.45, 7) is 2.36. The predicted molar refractivity (Wildman–Crippen MR) is 119 cm³/mol. The Bertz CT molecular complexity index is 1030. The van der Waals surface area contributed by atoms with Crippen LogP contribution in [-0.4, -0.2) is 52.0 Å². The van der Waals surface area contributed by atoms with Gasteiger partial charge in [-0.15, -0.1) is 0 Å². The summed E-state index contributed by atoms with van der Waals surface area (Å²) in [6.07, 6.45) is 3.99. The second kappa shape index (κ2) is 9.38. The van der Waals surface area contributed by atoms with E-state index in [0.717, 1.165) is 50.1 Å². The van der Waals surface area contributed by atoms with Gasteiger partial charge in [0.05, 0.1) is 18.0 Å². The zero-order valence-corrected chi connectivity index (χ0v) is 18.5. The first-order chi connectivity index (χ1) is 15.0. The first kappa shape index (κ1) is 21.8. The normalized spacial score (nSPS) is 18.0. The summed E-state index contributed by atoms with van der Waals surface area (Å²) in [6, 6.07) is 14.1. The number of likely N-dealkylation sites (tertiary alicyclic amines) is 1. The lowest BCUT2D eigenvalue weighted by molar-refractivity contribution is 0.0937. The molecule has 2 aliphatic rings. The number of carbonyl (C=O) groups is 1. The van der Waals surface area contributed by atoms with Gasteiger partial charge in [-0.2, -0.15) is 0 Å². The van der Waals surface area contributed by atoms with Crippen LogP contribution in [0.3, 0.4) is 0 Å². The highest BCUT2D eigenvalue weighted by atomic mass is 32.2. The average molecular weight is 444 g/mol. The maximum absolute atomic E-state index is 12.9. The third-order valence-electron chi connectivity index (χ3n) is 5.84. The highest BCUT2D eigenvalue weighted by Gasteiger charge is 2.29. The molecule has 31 heavy (non-hydrogen) atoms. The van der Waals surface area contributed by atoms with Gasteiger partial charge < -0.3 is 10.1 Å². The van der Waals surface area contributed by atoms with Crippen LogP contribution in [0.25, 0.3) is 0 Å². The van der Waals surface area contributed by atoms with E-state index in [0.29, 0.717) is 12.1 Å². The fourth-order valence-corrected chi connectivity index (χ4v) is 5.37. The molecule has 0 radical (unpaired) electrons. The van der Waals surface area contributed by atoms with Gasteiger partial charge in [0.15, 0.2) is 0 Å². The van der Waals surface area contributed by atoms with Gasteiger partial charge in [-0.3, -0.25) is 9.69 Å². The highest BCUT2D eigenvalue weighted by molar-refractivity contribution is 7.89. The number of methoxy groups -OCH3 is 1. The number of rotatable bonds is 9. The fraction of sp³-hybridized carbons (Fsp3) is 0.435. The molecule has 2 aromatic carbocycles. The third-order valence-corrected chi connectivity index (χ3v) is 7.36. The molecule has 166 valence electrons. The summed E-state index contributed by atoms with van der Waals surface area (Å²) in [5.74, 6) is 0.510. The number of hydrogen-bond donors (Lipinski definition) is 2. The molecule has 1 aliphatic carbocycles. The first-order valence-corrected chi connectivity index (χ1v) is 12.2. The molecule has 1 saturated heterocycles. The summed E-state index contributed by atoms with van der Waals surface area (Å²) >= 11 is 0. The van der Waals surface area contributed by atoms with Crippen LogP contribution >= 0.6 is 0 Å². The number of para-hydroxylation sites is 1. The van der Waals surface area contributed by atoms with Crippen LogP contribution in [-0.2, 0) is 10.0 Å². The zero-order valence-electron chi connectivity index (χ0n) is 17.7. The number of sulfonamides is 1. The topological polar surface area (TPSA) is 87.7 Å². The van der Waals surface area contributed by atoms with E-state index in [2.05, 4.69) is 14.9 Å².